The third-order valence-electron chi connectivity index (χ3n) is 5.42. The van der Waals surface area contributed by atoms with Crippen LogP contribution in [0.2, 0.25) is 12.1 Å². The molecule has 6 nitrogen and oxygen atoms in total. The van der Waals surface area contributed by atoms with Crippen molar-refractivity contribution in [3.05, 3.63) is 11.9 Å². The summed E-state index contributed by atoms with van der Waals surface area (Å²) in [7, 11) is -11.8. The van der Waals surface area contributed by atoms with Crippen LogP contribution in [0.1, 0.15) is 12.8 Å². The second-order valence-corrected chi connectivity index (χ2v) is 13.9. The van der Waals surface area contributed by atoms with Crippen molar-refractivity contribution in [3.8, 4) is 0 Å². The van der Waals surface area contributed by atoms with Gasteiger partial charge in [0.2, 0.25) is 0 Å². The first-order valence-electron chi connectivity index (χ1n) is 11.2. The lowest BCUT2D eigenvalue weighted by Crippen LogP contribution is -2.70. The van der Waals surface area contributed by atoms with Crippen molar-refractivity contribution < 1.29 is 115 Å². The van der Waals surface area contributed by atoms with Gasteiger partial charge in [0.1, 0.15) is 0 Å². The molecule has 0 aromatic carbocycles. The highest BCUT2D eigenvalue weighted by molar-refractivity contribution is 6.72. The highest BCUT2D eigenvalue weighted by Gasteiger charge is 2.90. The second kappa shape index (κ2) is 13.4. The molecule has 0 rings (SSSR count). The van der Waals surface area contributed by atoms with Gasteiger partial charge in [0.05, 0.1) is 0 Å². The minimum Gasteiger partial charge on any atom is -0.390 e. The van der Waals surface area contributed by atoms with Gasteiger partial charge in [-0.2, -0.15) is 87.8 Å². The SMILES string of the molecule is O[Si](O)(CCCNC/C=C(\F)C(F)(F)C(F)(F)C(F)(F)F)O[Si](O)(O)CCC(F)(F)C(F)(F)C(F)(F)C(F)(F)C(F)(F)C(F)(F)F. The van der Waals surface area contributed by atoms with E-state index in [0.717, 1.165) is 0 Å². The monoisotopic (exact) mass is 771 g/mol. The third-order valence-corrected chi connectivity index (χ3v) is 9.94. The van der Waals surface area contributed by atoms with Crippen LogP contribution in [0.5, 0.6) is 0 Å². The van der Waals surface area contributed by atoms with Gasteiger partial charge in [-0.3, -0.25) is 0 Å². The Morgan fingerprint density at radius 2 is 0.957 bits per heavy atom. The van der Waals surface area contributed by atoms with Crippen LogP contribution in [0.3, 0.4) is 0 Å². The lowest BCUT2D eigenvalue weighted by atomic mass is 9.93. The van der Waals surface area contributed by atoms with Crippen molar-refractivity contribution in [1.82, 2.24) is 5.32 Å². The van der Waals surface area contributed by atoms with E-state index in [1.807, 2.05) is 5.32 Å². The summed E-state index contributed by atoms with van der Waals surface area (Å²) in [5, 5.41) is 1.84. The van der Waals surface area contributed by atoms with E-state index in [1.54, 1.807) is 0 Å². The third kappa shape index (κ3) is 8.92. The van der Waals surface area contributed by atoms with E-state index in [4.69, 9.17) is 0 Å². The van der Waals surface area contributed by atoms with Crippen molar-refractivity contribution in [2.75, 3.05) is 13.1 Å². The van der Waals surface area contributed by atoms with E-state index in [9.17, 15) is 111 Å². The van der Waals surface area contributed by atoms with Gasteiger partial charge in [-0.25, -0.2) is 4.39 Å². The summed E-state index contributed by atoms with van der Waals surface area (Å²) in [5.74, 6) is -55.4. The van der Waals surface area contributed by atoms with Crippen LogP contribution >= 0.6 is 0 Å². The van der Waals surface area contributed by atoms with Gasteiger partial charge in [0, 0.05) is 25.1 Å². The Hall–Kier alpha value is -1.54. The molecule has 0 aliphatic carbocycles. The standard InChI is InChI=1S/C17H18F21NO5Si2/c18-8(10(21,22)12(25,26)16(33,34)35)2-5-39-4-1-6-45(40,41)44-46(42,43)7-3-9(19,20)11(23,24)13(27,28)14(29,30)15(31,32)17(36,37)38/h2,39-43H,1,3-7H2/b8-2-. The molecule has 0 aromatic rings. The van der Waals surface area contributed by atoms with Gasteiger partial charge < -0.3 is 28.6 Å². The molecule has 0 saturated heterocycles. The average molecular weight is 771 g/mol. The van der Waals surface area contributed by atoms with Crippen LogP contribution in [0.15, 0.2) is 11.9 Å². The van der Waals surface area contributed by atoms with Gasteiger partial charge >= 0.3 is 71.4 Å². The molecule has 5 N–H and O–H groups in total. The molecule has 0 aliphatic rings. The lowest BCUT2D eigenvalue weighted by Gasteiger charge is -2.40. The van der Waals surface area contributed by atoms with Gasteiger partial charge in [-0.05, 0) is 19.0 Å². The maximum Gasteiger partial charge on any atom is 0.488 e. The minimum atomic E-state index is -8.22. The van der Waals surface area contributed by atoms with Crippen molar-refractivity contribution in [3.63, 3.8) is 0 Å². The van der Waals surface area contributed by atoms with Gasteiger partial charge in [-0.1, -0.05) is 0 Å². The molecule has 0 heterocycles. The predicted octanol–water partition coefficient (Wildman–Crippen LogP) is 5.64. The molecule has 276 valence electrons. The number of alkyl halides is 20. The topological polar surface area (TPSA) is 102 Å². The first kappa shape index (κ1) is 44.5. The Labute approximate surface area is 243 Å². The molecule has 29 heteroatoms. The van der Waals surface area contributed by atoms with Crippen molar-refractivity contribution in [2.45, 2.75) is 78.7 Å². The van der Waals surface area contributed by atoms with Crippen LogP contribution in [0.25, 0.3) is 0 Å². The quantitative estimate of drug-likeness (QED) is 0.0746. The smallest absolute Gasteiger partial charge is 0.390 e. The van der Waals surface area contributed by atoms with E-state index in [-0.39, 0.29) is 0 Å². The maximum atomic E-state index is 13.8. The van der Waals surface area contributed by atoms with E-state index in [0.29, 0.717) is 0 Å². The van der Waals surface area contributed by atoms with Crippen molar-refractivity contribution in [2.24, 2.45) is 0 Å². The fourth-order valence-corrected chi connectivity index (χ4v) is 6.99. The van der Waals surface area contributed by atoms with E-state index in [2.05, 4.69) is 4.12 Å². The molecule has 0 fully saturated rings. The van der Waals surface area contributed by atoms with Crippen LogP contribution in [-0.2, 0) is 4.12 Å². The molecule has 0 bridgehead atoms. The first-order chi connectivity index (χ1) is 19.8. The molecule has 0 aromatic heterocycles. The van der Waals surface area contributed by atoms with E-state index < -0.39 is 121 Å². The zero-order valence-corrected chi connectivity index (χ0v) is 23.5. The molecular weight excluding hydrogens is 753 g/mol. The van der Waals surface area contributed by atoms with Crippen LogP contribution in [0.4, 0.5) is 92.2 Å². The Kier molecular flexibility index (Phi) is 13.0. The Morgan fingerprint density at radius 1 is 0.565 bits per heavy atom. The molecule has 0 saturated carbocycles. The van der Waals surface area contributed by atoms with Crippen LogP contribution < -0.4 is 5.32 Å². The molecule has 0 spiro atoms. The Bertz CT molecular complexity index is 1060. The van der Waals surface area contributed by atoms with Gasteiger partial charge in [-0.15, -0.1) is 0 Å². The lowest BCUT2D eigenvalue weighted by molar-refractivity contribution is -0.440. The Morgan fingerprint density at radius 3 is 1.37 bits per heavy atom. The summed E-state index contributed by atoms with van der Waals surface area (Å²) >= 11 is 0. The number of hydrogen-bond acceptors (Lipinski definition) is 6. The zero-order valence-electron chi connectivity index (χ0n) is 21.5. The number of nitrogens with one attached hydrogen (secondary N) is 1. The molecule has 0 radical (unpaired) electrons. The summed E-state index contributed by atoms with van der Waals surface area (Å²) in [6, 6.07) is -3.70. The van der Waals surface area contributed by atoms with Crippen molar-refractivity contribution >= 4 is 17.6 Å². The van der Waals surface area contributed by atoms with Gasteiger partial charge in [0.25, 0.3) is 0 Å². The summed E-state index contributed by atoms with van der Waals surface area (Å²) in [6.45, 7) is -2.01. The van der Waals surface area contributed by atoms with Crippen LogP contribution in [-0.4, -0.2) is 104 Å². The predicted molar refractivity (Wildman–Crippen MR) is 109 cm³/mol. The van der Waals surface area contributed by atoms with E-state index >= 15 is 0 Å². The normalized spacial score (nSPS) is 16.3. The number of rotatable bonds is 17. The molecular formula is C17H18F21NO5Si2. The minimum absolute atomic E-state index is 0.502. The molecule has 0 aliphatic heterocycles. The van der Waals surface area contributed by atoms with Gasteiger partial charge in [0.15, 0.2) is 5.83 Å². The van der Waals surface area contributed by atoms with E-state index in [1.165, 1.54) is 0 Å². The molecule has 0 atom stereocenters. The molecule has 46 heavy (non-hydrogen) atoms. The van der Waals surface area contributed by atoms with Crippen molar-refractivity contribution in [1.29, 1.82) is 0 Å². The second-order valence-electron chi connectivity index (χ2n) is 9.09. The number of halogens is 21. The summed E-state index contributed by atoms with van der Waals surface area (Å²) in [5.41, 5.74) is 0. The Balaban J connectivity index is 5.36. The first-order valence-corrected chi connectivity index (χ1v) is 15.3. The zero-order chi connectivity index (χ0) is 37.4. The number of hydrogen-bond donors (Lipinski definition) is 5. The highest BCUT2D eigenvalue weighted by Crippen LogP contribution is 2.61. The summed E-state index contributed by atoms with van der Waals surface area (Å²) < 4.78 is 275. The fraction of sp³-hybridized carbons (Fsp3) is 0.882. The van der Waals surface area contributed by atoms with Crippen LogP contribution in [0, 0.1) is 0 Å². The number of allylic oxidation sites excluding steroid dienone is 1. The summed E-state index contributed by atoms with van der Waals surface area (Å²) in [4.78, 5) is 38.2. The fourth-order valence-electron chi connectivity index (χ4n) is 2.81. The molecule has 0 amide bonds. The maximum absolute atomic E-state index is 13.8. The molecule has 0 unspecified atom stereocenters. The average Bonchev–Trinajstić information content (AvgIpc) is 2.82. The largest absolute Gasteiger partial charge is 0.488 e. The highest BCUT2D eigenvalue weighted by atomic mass is 28.5. The summed E-state index contributed by atoms with van der Waals surface area (Å²) in [6.07, 6.45) is -19.0.